The maximum atomic E-state index is 9.99. The Labute approximate surface area is 167 Å². The molecular formula is C23H19N4O2+. The molecule has 0 spiro atoms. The normalized spacial score (nSPS) is 12.3. The molecule has 6 heteroatoms. The van der Waals surface area contributed by atoms with Crippen LogP contribution in [0.5, 0.6) is 5.75 Å². The zero-order valence-electron chi connectivity index (χ0n) is 15.8. The van der Waals surface area contributed by atoms with Crippen LogP contribution >= 0.6 is 0 Å². The molecule has 0 saturated carbocycles. The average molecular weight is 383 g/mol. The van der Waals surface area contributed by atoms with Gasteiger partial charge in [-0.3, -0.25) is 5.21 Å². The lowest BCUT2D eigenvalue weighted by Gasteiger charge is -2.13. The van der Waals surface area contributed by atoms with Gasteiger partial charge in [0.05, 0.1) is 17.3 Å². The van der Waals surface area contributed by atoms with Crippen molar-refractivity contribution in [1.82, 2.24) is 15.0 Å². The van der Waals surface area contributed by atoms with Crippen molar-refractivity contribution in [3.63, 3.8) is 0 Å². The highest BCUT2D eigenvalue weighted by molar-refractivity contribution is 5.84. The highest BCUT2D eigenvalue weighted by Crippen LogP contribution is 2.28. The maximum absolute atomic E-state index is 9.99. The Morgan fingerprint density at radius 3 is 2.72 bits per heavy atom. The van der Waals surface area contributed by atoms with Crippen LogP contribution in [-0.2, 0) is 0 Å². The second-order valence-electron chi connectivity index (χ2n) is 6.92. The van der Waals surface area contributed by atoms with Crippen LogP contribution < -0.4 is 9.47 Å². The summed E-state index contributed by atoms with van der Waals surface area (Å²) in [4.78, 5) is 0. The van der Waals surface area contributed by atoms with Gasteiger partial charge in [-0.25, -0.2) is 4.68 Å². The van der Waals surface area contributed by atoms with Gasteiger partial charge in [0.25, 0.3) is 5.52 Å². The van der Waals surface area contributed by atoms with E-state index in [2.05, 4.69) is 34.6 Å². The van der Waals surface area contributed by atoms with E-state index in [1.807, 2.05) is 55.6 Å². The molecule has 1 atom stereocenters. The molecule has 0 unspecified atom stereocenters. The minimum atomic E-state index is -0.304. The van der Waals surface area contributed by atoms with Crippen molar-refractivity contribution < 1.29 is 14.7 Å². The fourth-order valence-corrected chi connectivity index (χ4v) is 3.46. The lowest BCUT2D eigenvalue weighted by molar-refractivity contribution is -0.884. The second-order valence-corrected chi connectivity index (χ2v) is 6.92. The van der Waals surface area contributed by atoms with Crippen LogP contribution in [0.2, 0.25) is 0 Å². The molecule has 29 heavy (non-hydrogen) atoms. The molecule has 0 saturated heterocycles. The van der Waals surface area contributed by atoms with E-state index in [-0.39, 0.29) is 6.10 Å². The van der Waals surface area contributed by atoms with Crippen molar-refractivity contribution in [2.24, 2.45) is 0 Å². The number of fused-ring (bicyclic) bond motifs is 2. The van der Waals surface area contributed by atoms with Gasteiger partial charge in [0.1, 0.15) is 17.5 Å². The maximum Gasteiger partial charge on any atom is 0.268 e. The highest BCUT2D eigenvalue weighted by atomic mass is 16.5. The van der Waals surface area contributed by atoms with Crippen LogP contribution in [-0.4, -0.2) is 20.2 Å². The first-order valence-electron chi connectivity index (χ1n) is 9.40. The van der Waals surface area contributed by atoms with Gasteiger partial charge < -0.3 is 4.74 Å². The predicted molar refractivity (Wildman–Crippen MR) is 109 cm³/mol. The second kappa shape index (κ2) is 6.91. The minimum absolute atomic E-state index is 0.304. The Balaban J connectivity index is 1.44. The average Bonchev–Trinajstić information content (AvgIpc) is 3.25. The van der Waals surface area contributed by atoms with E-state index in [1.54, 1.807) is 16.9 Å². The van der Waals surface area contributed by atoms with Crippen molar-refractivity contribution in [3.8, 4) is 11.4 Å². The number of hydrogen-bond acceptors (Lipinski definition) is 4. The lowest BCUT2D eigenvalue weighted by atomic mass is 10.1. The predicted octanol–water partition coefficient (Wildman–Crippen LogP) is 4.24. The third kappa shape index (κ3) is 3.14. The third-order valence-electron chi connectivity index (χ3n) is 5.01. The van der Waals surface area contributed by atoms with Gasteiger partial charge in [0, 0.05) is 16.9 Å². The van der Waals surface area contributed by atoms with E-state index in [1.165, 1.54) is 5.39 Å². The van der Waals surface area contributed by atoms with Crippen LogP contribution in [0.15, 0.2) is 85.2 Å². The summed E-state index contributed by atoms with van der Waals surface area (Å²) in [5, 5.41) is 21.7. The van der Waals surface area contributed by atoms with Gasteiger partial charge in [0.15, 0.2) is 0 Å². The van der Waals surface area contributed by atoms with Crippen molar-refractivity contribution in [2.45, 2.75) is 13.0 Å². The highest BCUT2D eigenvalue weighted by Gasteiger charge is 2.17. The van der Waals surface area contributed by atoms with Crippen LogP contribution in [0, 0.1) is 0 Å². The van der Waals surface area contributed by atoms with E-state index in [4.69, 9.17) is 4.74 Å². The Kier molecular flexibility index (Phi) is 4.09. The van der Waals surface area contributed by atoms with Crippen molar-refractivity contribution in [2.75, 3.05) is 0 Å². The fourth-order valence-electron chi connectivity index (χ4n) is 3.46. The number of hydrogen-bond donors (Lipinski definition) is 1. The van der Waals surface area contributed by atoms with Crippen LogP contribution in [0.25, 0.3) is 27.4 Å². The van der Waals surface area contributed by atoms with E-state index < -0.39 is 0 Å². The number of rotatable bonds is 4. The summed E-state index contributed by atoms with van der Waals surface area (Å²) >= 11 is 0. The minimum Gasteiger partial charge on any atom is -0.483 e. The van der Waals surface area contributed by atoms with Crippen LogP contribution in [0.4, 0.5) is 0 Å². The molecule has 2 heterocycles. The molecule has 0 fully saturated rings. The van der Waals surface area contributed by atoms with E-state index in [0.29, 0.717) is 11.3 Å². The molecule has 0 aliphatic carbocycles. The third-order valence-corrected chi connectivity index (χ3v) is 5.01. The first kappa shape index (κ1) is 17.2. The topological polar surface area (TPSA) is 64.1 Å². The summed E-state index contributed by atoms with van der Waals surface area (Å²) in [6.07, 6.45) is 3.17. The van der Waals surface area contributed by atoms with Crippen LogP contribution in [0.3, 0.4) is 0 Å². The molecular weight excluding hydrogens is 364 g/mol. The first-order valence-corrected chi connectivity index (χ1v) is 9.40. The zero-order chi connectivity index (χ0) is 19.8. The summed E-state index contributed by atoms with van der Waals surface area (Å²) < 4.78 is 8.99. The van der Waals surface area contributed by atoms with Gasteiger partial charge in [-0.2, -0.15) is 0 Å². The molecule has 6 nitrogen and oxygen atoms in total. The number of pyridine rings is 1. The lowest BCUT2D eigenvalue weighted by Crippen LogP contribution is -2.29. The Morgan fingerprint density at radius 1 is 0.966 bits per heavy atom. The molecule has 142 valence electrons. The molecule has 0 aliphatic rings. The first-order chi connectivity index (χ1) is 14.2. The SMILES string of the molecule is C[C@@H](Oc1cccc2c1ccc[n+]2O)c1cn(-c2ccc3ccccc3c2)nn1. The standard InChI is InChI=1S/C23H19N4O2/c1-16(29-23-10-4-9-22-20(23)8-5-13-27(22)28)21-15-26(25-24-21)19-12-11-17-6-2-3-7-18(17)14-19/h2-16,28H,1H3/q+1/t16-/m1/s1. The van der Waals surface area contributed by atoms with Crippen molar-refractivity contribution in [1.29, 1.82) is 0 Å². The van der Waals surface area contributed by atoms with Crippen LogP contribution in [0.1, 0.15) is 18.7 Å². The molecule has 5 rings (SSSR count). The molecule has 1 N–H and O–H groups in total. The molecule has 5 aromatic rings. The Morgan fingerprint density at radius 2 is 1.83 bits per heavy atom. The van der Waals surface area contributed by atoms with Gasteiger partial charge in [0.2, 0.25) is 6.20 Å². The van der Waals surface area contributed by atoms with Gasteiger partial charge >= 0.3 is 0 Å². The molecule has 2 aromatic heterocycles. The summed E-state index contributed by atoms with van der Waals surface area (Å²) in [7, 11) is 0. The zero-order valence-corrected chi connectivity index (χ0v) is 15.8. The monoisotopic (exact) mass is 383 g/mol. The van der Waals surface area contributed by atoms with Crippen molar-refractivity contribution in [3.05, 3.63) is 90.9 Å². The molecule has 0 bridgehead atoms. The van der Waals surface area contributed by atoms with E-state index >= 15 is 0 Å². The number of nitrogens with zero attached hydrogens (tertiary/aromatic N) is 4. The number of benzene rings is 3. The molecule has 0 radical (unpaired) electrons. The summed E-state index contributed by atoms with van der Waals surface area (Å²) in [6, 6.07) is 23.7. The molecule has 3 aromatic carbocycles. The molecule has 0 amide bonds. The number of aromatic nitrogens is 4. The summed E-state index contributed by atoms with van der Waals surface area (Å²) in [5.74, 6) is 0.679. The largest absolute Gasteiger partial charge is 0.483 e. The fraction of sp³-hybridized carbons (Fsp3) is 0.0870. The number of ether oxygens (including phenoxy) is 1. The van der Waals surface area contributed by atoms with Gasteiger partial charge in [-0.15, -0.1) is 5.10 Å². The van der Waals surface area contributed by atoms with Gasteiger partial charge in [-0.05, 0) is 42.0 Å². The van der Waals surface area contributed by atoms with Gasteiger partial charge in [-0.1, -0.05) is 41.6 Å². The molecule has 0 aliphatic heterocycles. The van der Waals surface area contributed by atoms with Crippen molar-refractivity contribution >= 4 is 21.7 Å². The Hall–Kier alpha value is -3.93. The summed E-state index contributed by atoms with van der Waals surface area (Å²) in [6.45, 7) is 1.93. The smallest absolute Gasteiger partial charge is 0.268 e. The summed E-state index contributed by atoms with van der Waals surface area (Å²) in [5.41, 5.74) is 2.35. The van der Waals surface area contributed by atoms with E-state index in [0.717, 1.165) is 26.9 Å². The van der Waals surface area contributed by atoms with E-state index in [9.17, 15) is 5.21 Å². The Bertz CT molecular complexity index is 1330. The quantitative estimate of drug-likeness (QED) is 0.372.